The first-order valence-electron chi connectivity index (χ1n) is 4.40. The average molecular weight is 246 g/mol. The lowest BCUT2D eigenvalue weighted by atomic mass is 10.3. The molecule has 88 valence electrons. The number of hydrogen-bond donors (Lipinski definition) is 2. The minimum Gasteiger partial charge on any atom is -0.258 e. The minimum atomic E-state index is -3.61. The Morgan fingerprint density at radius 2 is 1.75 bits per heavy atom. The van der Waals surface area contributed by atoms with Crippen molar-refractivity contribution in [3.8, 4) is 0 Å². The number of sulfonamides is 1. The number of quaternary nitrogens is 1. The van der Waals surface area contributed by atoms with E-state index in [1.807, 2.05) is 0 Å². The summed E-state index contributed by atoms with van der Waals surface area (Å²) in [7, 11) is -0.384. The molecule has 0 heterocycles. The molecule has 2 N–H and O–H groups in total. The molecule has 0 saturated heterocycles. The third kappa shape index (κ3) is 2.99. The van der Waals surface area contributed by atoms with Crippen LogP contribution in [0.2, 0.25) is 0 Å². The van der Waals surface area contributed by atoms with Crippen molar-refractivity contribution in [2.75, 3.05) is 14.1 Å². The van der Waals surface area contributed by atoms with Gasteiger partial charge in [-0.25, -0.2) is 13.4 Å². The molecule has 0 fully saturated rings. The van der Waals surface area contributed by atoms with Crippen LogP contribution in [0.4, 0.5) is 5.69 Å². The summed E-state index contributed by atoms with van der Waals surface area (Å²) in [6, 6.07) is 4.70. The first kappa shape index (κ1) is 12.6. The molecule has 0 amide bonds. The summed E-state index contributed by atoms with van der Waals surface area (Å²) < 4.78 is 23.2. The molecule has 0 unspecified atom stereocenters. The Morgan fingerprint density at radius 1 is 1.25 bits per heavy atom. The van der Waals surface area contributed by atoms with Crippen LogP contribution in [0.25, 0.3) is 0 Å². The van der Waals surface area contributed by atoms with Gasteiger partial charge in [0.15, 0.2) is 0 Å². The summed E-state index contributed by atoms with van der Waals surface area (Å²) in [5, 5.41) is 10.9. The van der Waals surface area contributed by atoms with Gasteiger partial charge < -0.3 is 0 Å². The van der Waals surface area contributed by atoms with Gasteiger partial charge in [-0.2, -0.15) is 0 Å². The van der Waals surface area contributed by atoms with E-state index in [1.54, 1.807) is 14.1 Å². The molecule has 1 aromatic carbocycles. The fourth-order valence-electron chi connectivity index (χ4n) is 1.07. The molecule has 0 bridgehead atoms. The molecular formula is C8H12N3O4S+. The van der Waals surface area contributed by atoms with Crippen LogP contribution in [-0.2, 0) is 10.0 Å². The minimum absolute atomic E-state index is 0.000648. The number of nitrogens with one attached hydrogen (secondary N) is 2. The topological polar surface area (TPSA) is 93.8 Å². The van der Waals surface area contributed by atoms with Crippen molar-refractivity contribution in [2.45, 2.75) is 4.90 Å². The van der Waals surface area contributed by atoms with Gasteiger partial charge in [-0.1, -0.05) is 4.83 Å². The van der Waals surface area contributed by atoms with Gasteiger partial charge in [0.2, 0.25) is 0 Å². The molecule has 0 aliphatic heterocycles. The second-order valence-electron chi connectivity index (χ2n) is 3.36. The highest BCUT2D eigenvalue weighted by atomic mass is 32.2. The van der Waals surface area contributed by atoms with E-state index < -0.39 is 14.9 Å². The molecule has 0 aromatic heterocycles. The molecule has 8 heteroatoms. The smallest absolute Gasteiger partial charge is 0.258 e. The Labute approximate surface area is 92.9 Å². The predicted octanol–water partition coefficient (Wildman–Crippen LogP) is -1.07. The third-order valence-electron chi connectivity index (χ3n) is 1.70. The second kappa shape index (κ2) is 4.56. The maximum atomic E-state index is 11.6. The Kier molecular flexibility index (Phi) is 3.58. The number of nitro benzene ring substituents is 1. The van der Waals surface area contributed by atoms with E-state index in [9.17, 15) is 18.5 Å². The van der Waals surface area contributed by atoms with Crippen LogP contribution in [0.3, 0.4) is 0 Å². The van der Waals surface area contributed by atoms with Crippen LogP contribution in [0.1, 0.15) is 0 Å². The third-order valence-corrected chi connectivity index (χ3v) is 3.27. The quantitative estimate of drug-likeness (QED) is 0.522. The highest BCUT2D eigenvalue weighted by molar-refractivity contribution is 7.89. The van der Waals surface area contributed by atoms with Crippen molar-refractivity contribution in [1.29, 1.82) is 0 Å². The molecule has 16 heavy (non-hydrogen) atoms. The van der Waals surface area contributed by atoms with Crippen LogP contribution < -0.4 is 9.84 Å². The van der Waals surface area contributed by atoms with E-state index >= 15 is 0 Å². The highest BCUT2D eigenvalue weighted by Gasteiger charge is 2.18. The largest absolute Gasteiger partial charge is 0.282 e. The van der Waals surface area contributed by atoms with Gasteiger partial charge in [0, 0.05) is 12.1 Å². The summed E-state index contributed by atoms with van der Waals surface area (Å²) in [5.41, 5.74) is -0.142. The number of rotatable bonds is 4. The van der Waals surface area contributed by atoms with Gasteiger partial charge in [0.05, 0.1) is 23.9 Å². The molecule has 0 aliphatic carbocycles. The number of benzene rings is 1. The van der Waals surface area contributed by atoms with Crippen molar-refractivity contribution < 1.29 is 18.4 Å². The number of nitrogens with zero attached hydrogens (tertiary/aromatic N) is 1. The summed E-state index contributed by atoms with van der Waals surface area (Å²) in [6.07, 6.45) is 0. The van der Waals surface area contributed by atoms with Gasteiger partial charge in [-0.3, -0.25) is 10.1 Å². The average Bonchev–Trinajstić information content (AvgIpc) is 2.16. The summed E-state index contributed by atoms with van der Waals surface area (Å²) >= 11 is 0. The molecule has 0 aliphatic rings. The van der Waals surface area contributed by atoms with Gasteiger partial charge in [-0.15, -0.1) is 0 Å². The lowest BCUT2D eigenvalue weighted by molar-refractivity contribution is -0.890. The molecular weight excluding hydrogens is 234 g/mol. The Morgan fingerprint density at radius 3 is 2.12 bits per heavy atom. The first-order valence-corrected chi connectivity index (χ1v) is 5.88. The summed E-state index contributed by atoms with van der Waals surface area (Å²) in [6.45, 7) is 0. The van der Waals surface area contributed by atoms with Crippen molar-refractivity contribution in [3.63, 3.8) is 0 Å². The fraction of sp³-hybridized carbons (Fsp3) is 0.250. The monoisotopic (exact) mass is 246 g/mol. The van der Waals surface area contributed by atoms with Crippen molar-refractivity contribution in [1.82, 2.24) is 4.83 Å². The van der Waals surface area contributed by atoms with Crippen LogP contribution in [0.5, 0.6) is 0 Å². The maximum absolute atomic E-state index is 11.6. The molecule has 0 saturated carbocycles. The van der Waals surface area contributed by atoms with Crippen LogP contribution in [-0.4, -0.2) is 27.4 Å². The molecule has 0 radical (unpaired) electrons. The van der Waals surface area contributed by atoms with Crippen molar-refractivity contribution in [3.05, 3.63) is 34.4 Å². The molecule has 1 aromatic rings. The van der Waals surface area contributed by atoms with Gasteiger partial charge in [-0.05, 0) is 12.1 Å². The van der Waals surface area contributed by atoms with Gasteiger partial charge in [0.1, 0.15) is 0 Å². The number of non-ortho nitro benzene ring substituents is 1. The molecule has 0 atom stereocenters. The zero-order chi connectivity index (χ0) is 12.3. The van der Waals surface area contributed by atoms with E-state index in [-0.39, 0.29) is 10.6 Å². The lowest BCUT2D eigenvalue weighted by Crippen LogP contribution is -3.13. The fourth-order valence-corrected chi connectivity index (χ4v) is 2.22. The Balaban J connectivity index is 3.02. The standard InChI is InChI=1S/C8H11N3O4S/c1-10(2)9-16(14,15)8-5-3-7(4-6-8)11(12)13/h3-6,9H,1-2H3/p+1. The van der Waals surface area contributed by atoms with Crippen LogP contribution in [0.15, 0.2) is 29.2 Å². The number of hydrogen-bond acceptors (Lipinski definition) is 4. The predicted molar refractivity (Wildman–Crippen MR) is 56.2 cm³/mol. The lowest BCUT2D eigenvalue weighted by Gasteiger charge is -2.08. The van der Waals surface area contributed by atoms with E-state index in [2.05, 4.69) is 4.83 Å². The van der Waals surface area contributed by atoms with E-state index in [1.165, 1.54) is 12.1 Å². The summed E-state index contributed by atoms with van der Waals surface area (Å²) in [4.78, 5) is 12.1. The number of nitro groups is 1. The van der Waals surface area contributed by atoms with E-state index in [4.69, 9.17) is 0 Å². The highest BCUT2D eigenvalue weighted by Crippen LogP contribution is 2.14. The SMILES string of the molecule is C[NH+](C)NS(=O)(=O)c1ccc([N+](=O)[O-])cc1. The second-order valence-corrected chi connectivity index (χ2v) is 5.04. The first-order chi connectivity index (χ1) is 7.33. The molecule has 0 spiro atoms. The molecule has 1 rings (SSSR count). The molecule has 7 nitrogen and oxygen atoms in total. The van der Waals surface area contributed by atoms with E-state index in [0.717, 1.165) is 12.1 Å². The maximum Gasteiger partial charge on any atom is 0.282 e. The van der Waals surface area contributed by atoms with Gasteiger partial charge >= 0.3 is 0 Å². The summed E-state index contributed by atoms with van der Waals surface area (Å²) in [5.74, 6) is 0. The van der Waals surface area contributed by atoms with Crippen LogP contribution in [0, 0.1) is 10.1 Å². The van der Waals surface area contributed by atoms with Crippen molar-refractivity contribution >= 4 is 15.7 Å². The van der Waals surface area contributed by atoms with Crippen molar-refractivity contribution in [2.24, 2.45) is 0 Å². The normalized spacial score (nSPS) is 11.7. The van der Waals surface area contributed by atoms with E-state index in [0.29, 0.717) is 5.01 Å². The zero-order valence-electron chi connectivity index (χ0n) is 8.80. The Hall–Kier alpha value is -1.51. The Bertz CT molecular complexity index is 481. The zero-order valence-corrected chi connectivity index (χ0v) is 9.61. The van der Waals surface area contributed by atoms with Gasteiger partial charge in [0.25, 0.3) is 15.7 Å². The van der Waals surface area contributed by atoms with Crippen LogP contribution >= 0.6 is 0 Å².